The largest absolute Gasteiger partial charge is 0.381 e. The van der Waals surface area contributed by atoms with Crippen LogP contribution in [0.2, 0.25) is 0 Å². The van der Waals surface area contributed by atoms with Crippen LogP contribution in [0.25, 0.3) is 0 Å². The van der Waals surface area contributed by atoms with Crippen LogP contribution in [-0.4, -0.2) is 24.2 Å². The highest BCUT2D eigenvalue weighted by Gasteiger charge is 2.27. The van der Waals surface area contributed by atoms with Crippen LogP contribution in [0.15, 0.2) is 42.7 Å². The summed E-state index contributed by atoms with van der Waals surface area (Å²) in [6, 6.07) is 9.60. The molecule has 5 heteroatoms. The molecule has 25 heavy (non-hydrogen) atoms. The smallest absolute Gasteiger partial charge is 0.319 e. The Balaban J connectivity index is 1.72. The standard InChI is InChI=1S/C20H25N3O2/c1-14-5-6-18(12-15(14)2)22-20(24)23-19(16-7-10-25-11-8-16)17-4-3-9-21-13-17/h3-6,9,12-13,16,19H,7-8,10-11H2,1-2H3,(H2,22,23,24)/t19-/m0/s1. The third kappa shape index (κ3) is 4.57. The van der Waals surface area contributed by atoms with Crippen molar-refractivity contribution >= 4 is 11.7 Å². The minimum atomic E-state index is -0.191. The normalized spacial score (nSPS) is 16.2. The van der Waals surface area contributed by atoms with Gasteiger partial charge in [-0.3, -0.25) is 4.98 Å². The number of urea groups is 1. The van der Waals surface area contributed by atoms with E-state index in [1.165, 1.54) is 5.56 Å². The molecule has 2 N–H and O–H groups in total. The van der Waals surface area contributed by atoms with Crippen LogP contribution in [0.1, 0.15) is 35.6 Å². The highest BCUT2D eigenvalue weighted by molar-refractivity contribution is 5.89. The lowest BCUT2D eigenvalue weighted by Gasteiger charge is -2.31. The maximum absolute atomic E-state index is 12.6. The van der Waals surface area contributed by atoms with Gasteiger partial charge in [0, 0.05) is 31.3 Å². The predicted octanol–water partition coefficient (Wildman–Crippen LogP) is 3.99. The molecule has 3 rings (SSSR count). The van der Waals surface area contributed by atoms with Gasteiger partial charge in [0.05, 0.1) is 6.04 Å². The highest BCUT2D eigenvalue weighted by atomic mass is 16.5. The minimum Gasteiger partial charge on any atom is -0.381 e. The summed E-state index contributed by atoms with van der Waals surface area (Å²) in [6.45, 7) is 5.57. The minimum absolute atomic E-state index is 0.0656. The molecule has 0 radical (unpaired) electrons. The van der Waals surface area contributed by atoms with E-state index in [1.54, 1.807) is 6.20 Å². The van der Waals surface area contributed by atoms with Crippen molar-refractivity contribution in [3.05, 3.63) is 59.4 Å². The number of benzene rings is 1. The summed E-state index contributed by atoms with van der Waals surface area (Å²) in [5.74, 6) is 0.350. The summed E-state index contributed by atoms with van der Waals surface area (Å²) >= 11 is 0. The van der Waals surface area contributed by atoms with Crippen molar-refractivity contribution in [1.29, 1.82) is 0 Å². The molecule has 0 bridgehead atoms. The first-order valence-corrected chi connectivity index (χ1v) is 8.76. The summed E-state index contributed by atoms with van der Waals surface area (Å²) in [6.07, 6.45) is 5.45. The fraction of sp³-hybridized carbons (Fsp3) is 0.400. The zero-order chi connectivity index (χ0) is 17.6. The van der Waals surface area contributed by atoms with Crippen molar-refractivity contribution in [1.82, 2.24) is 10.3 Å². The first-order valence-electron chi connectivity index (χ1n) is 8.76. The molecular formula is C20H25N3O2. The Bertz CT molecular complexity index is 712. The predicted molar refractivity (Wildman–Crippen MR) is 98.6 cm³/mol. The Morgan fingerprint density at radius 3 is 2.68 bits per heavy atom. The summed E-state index contributed by atoms with van der Waals surface area (Å²) in [4.78, 5) is 16.8. The average molecular weight is 339 g/mol. The first-order chi connectivity index (χ1) is 12.1. The molecule has 132 valence electrons. The fourth-order valence-electron chi connectivity index (χ4n) is 3.21. The number of carbonyl (C=O) groups excluding carboxylic acids is 1. The van der Waals surface area contributed by atoms with Crippen molar-refractivity contribution in [2.75, 3.05) is 18.5 Å². The van der Waals surface area contributed by atoms with E-state index in [4.69, 9.17) is 4.74 Å². The van der Waals surface area contributed by atoms with Gasteiger partial charge in [-0.1, -0.05) is 12.1 Å². The van der Waals surface area contributed by atoms with Gasteiger partial charge in [-0.25, -0.2) is 4.79 Å². The Morgan fingerprint density at radius 1 is 1.20 bits per heavy atom. The average Bonchev–Trinajstić information content (AvgIpc) is 2.64. The molecule has 1 fully saturated rings. The zero-order valence-corrected chi connectivity index (χ0v) is 14.8. The molecule has 0 spiro atoms. The lowest BCUT2D eigenvalue weighted by atomic mass is 9.88. The van der Waals surface area contributed by atoms with Gasteiger partial charge < -0.3 is 15.4 Å². The van der Waals surface area contributed by atoms with Crippen molar-refractivity contribution in [2.45, 2.75) is 32.7 Å². The molecule has 1 aromatic carbocycles. The molecule has 1 aromatic heterocycles. The second-order valence-electron chi connectivity index (χ2n) is 6.61. The quantitative estimate of drug-likeness (QED) is 0.885. The van der Waals surface area contributed by atoms with Gasteiger partial charge in [0.1, 0.15) is 0 Å². The molecule has 1 aliphatic rings. The molecule has 0 unspecified atom stereocenters. The first kappa shape index (κ1) is 17.4. The Kier molecular flexibility index (Phi) is 5.66. The van der Waals surface area contributed by atoms with Gasteiger partial charge >= 0.3 is 6.03 Å². The number of carbonyl (C=O) groups is 1. The van der Waals surface area contributed by atoms with Crippen molar-refractivity contribution in [3.8, 4) is 0 Å². The second kappa shape index (κ2) is 8.12. The summed E-state index contributed by atoms with van der Waals surface area (Å²) in [5.41, 5.74) is 4.20. The van der Waals surface area contributed by atoms with Gasteiger partial charge in [0.25, 0.3) is 0 Å². The molecule has 2 aromatic rings. The monoisotopic (exact) mass is 339 g/mol. The van der Waals surface area contributed by atoms with E-state index >= 15 is 0 Å². The van der Waals surface area contributed by atoms with E-state index < -0.39 is 0 Å². The third-order valence-corrected chi connectivity index (χ3v) is 4.83. The summed E-state index contributed by atoms with van der Waals surface area (Å²) in [5, 5.41) is 6.09. The van der Waals surface area contributed by atoms with Crippen LogP contribution < -0.4 is 10.6 Å². The topological polar surface area (TPSA) is 63.2 Å². The van der Waals surface area contributed by atoms with Crippen molar-refractivity contribution in [3.63, 3.8) is 0 Å². The molecule has 5 nitrogen and oxygen atoms in total. The van der Waals surface area contributed by atoms with Crippen molar-refractivity contribution < 1.29 is 9.53 Å². The zero-order valence-electron chi connectivity index (χ0n) is 14.8. The summed E-state index contributed by atoms with van der Waals surface area (Å²) in [7, 11) is 0. The summed E-state index contributed by atoms with van der Waals surface area (Å²) < 4.78 is 5.47. The lowest BCUT2D eigenvalue weighted by Crippen LogP contribution is -2.38. The number of nitrogens with zero attached hydrogens (tertiary/aromatic N) is 1. The number of aromatic nitrogens is 1. The number of aryl methyl sites for hydroxylation is 2. The van der Waals surface area contributed by atoms with Crippen LogP contribution in [-0.2, 0) is 4.74 Å². The number of ether oxygens (including phenoxy) is 1. The molecule has 0 saturated carbocycles. The maximum Gasteiger partial charge on any atom is 0.319 e. The molecule has 1 aliphatic heterocycles. The van der Waals surface area contributed by atoms with E-state index in [0.717, 1.165) is 42.9 Å². The number of nitrogens with one attached hydrogen (secondary N) is 2. The number of amides is 2. The molecule has 0 aliphatic carbocycles. The van der Waals surface area contributed by atoms with E-state index in [2.05, 4.69) is 22.5 Å². The number of pyridine rings is 1. The second-order valence-corrected chi connectivity index (χ2v) is 6.61. The SMILES string of the molecule is Cc1ccc(NC(=O)N[C@H](c2cccnc2)C2CCOCC2)cc1C. The van der Waals surface area contributed by atoms with E-state index in [9.17, 15) is 4.79 Å². The van der Waals surface area contributed by atoms with Crippen LogP contribution >= 0.6 is 0 Å². The third-order valence-electron chi connectivity index (χ3n) is 4.83. The van der Waals surface area contributed by atoms with E-state index in [-0.39, 0.29) is 12.1 Å². The van der Waals surface area contributed by atoms with Crippen LogP contribution in [0, 0.1) is 19.8 Å². The highest BCUT2D eigenvalue weighted by Crippen LogP contribution is 2.29. The fourth-order valence-corrected chi connectivity index (χ4v) is 3.21. The van der Waals surface area contributed by atoms with Gasteiger partial charge in [-0.2, -0.15) is 0 Å². The van der Waals surface area contributed by atoms with E-state index in [1.807, 2.05) is 43.5 Å². The maximum atomic E-state index is 12.6. The number of anilines is 1. The molecule has 1 atom stereocenters. The Morgan fingerprint density at radius 2 is 2.00 bits per heavy atom. The lowest BCUT2D eigenvalue weighted by molar-refractivity contribution is 0.0550. The Hall–Kier alpha value is -2.40. The van der Waals surface area contributed by atoms with Crippen molar-refractivity contribution in [2.24, 2.45) is 5.92 Å². The number of rotatable bonds is 4. The van der Waals surface area contributed by atoms with Gasteiger partial charge in [0.2, 0.25) is 0 Å². The van der Waals surface area contributed by atoms with E-state index in [0.29, 0.717) is 5.92 Å². The molecule has 2 heterocycles. The molecule has 1 saturated heterocycles. The van der Waals surface area contributed by atoms with Gasteiger partial charge in [-0.15, -0.1) is 0 Å². The number of hydrogen-bond acceptors (Lipinski definition) is 3. The number of hydrogen-bond donors (Lipinski definition) is 2. The van der Waals surface area contributed by atoms with Crippen LogP contribution in [0.5, 0.6) is 0 Å². The molecular weight excluding hydrogens is 314 g/mol. The Labute approximate surface area is 148 Å². The van der Waals surface area contributed by atoms with Crippen LogP contribution in [0.3, 0.4) is 0 Å². The van der Waals surface area contributed by atoms with Gasteiger partial charge in [0.15, 0.2) is 0 Å². The molecule has 2 amide bonds. The van der Waals surface area contributed by atoms with Gasteiger partial charge in [-0.05, 0) is 67.5 Å². The van der Waals surface area contributed by atoms with Crippen LogP contribution in [0.4, 0.5) is 10.5 Å².